The van der Waals surface area contributed by atoms with Gasteiger partial charge in [-0.15, -0.1) is 0 Å². The van der Waals surface area contributed by atoms with E-state index in [2.05, 4.69) is 0 Å². The fourth-order valence-corrected chi connectivity index (χ4v) is 7.59. The molecule has 248 valence electrons. The van der Waals surface area contributed by atoms with Crippen molar-refractivity contribution in [3.8, 4) is 22.3 Å². The van der Waals surface area contributed by atoms with Gasteiger partial charge < -0.3 is 13.7 Å². The maximum Gasteiger partial charge on any atom is 0.143 e. The topological polar surface area (TPSA) is 29.5 Å². The van der Waals surface area contributed by atoms with Crippen molar-refractivity contribution in [2.45, 2.75) is 0 Å². The predicted molar refractivity (Wildman–Crippen MR) is 222 cm³/mol. The number of hydrogen-bond donors (Lipinski definition) is 0. The van der Waals surface area contributed by atoms with Crippen LogP contribution < -0.4 is 4.90 Å². The zero-order chi connectivity index (χ0) is 41.8. The van der Waals surface area contributed by atoms with Crippen LogP contribution >= 0.6 is 0 Å². The standard InChI is InChI=1S/C50H31NO2/c1-3-16-38-32(11-1)13-8-19-39(38)34-25-28-36(29-26-34)51(45-22-10-24-47-48(45)44-30-27-33-12-2-4-17-40(33)50(44)53-47)37-15-7-14-35(31-37)41-20-9-21-43-42-18-5-6-23-46(42)52-49(41)43/h1-31H/i7D,14D,15D,25D,26D,28D,29D,31D. The van der Waals surface area contributed by atoms with Gasteiger partial charge in [-0.05, 0) is 81.3 Å². The Hall–Kier alpha value is -7.10. The smallest absolute Gasteiger partial charge is 0.143 e. The summed E-state index contributed by atoms with van der Waals surface area (Å²) in [6, 6.07) is 39.8. The molecule has 0 saturated heterocycles. The number of nitrogens with zero attached hydrogens (tertiary/aromatic N) is 1. The number of benzene rings is 9. The Bertz CT molecular complexity index is 3630. The minimum atomic E-state index is -0.499. The molecular weight excluding hydrogens is 647 g/mol. The van der Waals surface area contributed by atoms with Crippen molar-refractivity contribution in [2.75, 3.05) is 4.90 Å². The zero-order valence-corrected chi connectivity index (χ0v) is 28.0. The Morgan fingerprint density at radius 3 is 1.96 bits per heavy atom. The highest BCUT2D eigenvalue weighted by Gasteiger charge is 2.21. The monoisotopic (exact) mass is 685 g/mol. The Morgan fingerprint density at radius 1 is 0.415 bits per heavy atom. The largest absolute Gasteiger partial charge is 0.455 e. The summed E-state index contributed by atoms with van der Waals surface area (Å²) in [5, 5.41) is 6.25. The normalized spacial score (nSPS) is 13.9. The van der Waals surface area contributed by atoms with E-state index in [1.54, 1.807) is 36.4 Å². The summed E-state index contributed by atoms with van der Waals surface area (Å²) in [5.41, 5.74) is 2.92. The first-order valence-corrected chi connectivity index (χ1v) is 17.4. The molecule has 3 heteroatoms. The van der Waals surface area contributed by atoms with Gasteiger partial charge in [0, 0.05) is 38.5 Å². The first-order chi connectivity index (χ1) is 29.6. The Balaban J connectivity index is 1.27. The molecule has 2 aromatic heterocycles. The van der Waals surface area contributed by atoms with Crippen LogP contribution in [0.15, 0.2) is 197 Å². The van der Waals surface area contributed by atoms with Crippen molar-refractivity contribution in [3.63, 3.8) is 0 Å². The van der Waals surface area contributed by atoms with Gasteiger partial charge >= 0.3 is 0 Å². The van der Waals surface area contributed by atoms with E-state index >= 15 is 0 Å². The molecule has 0 bridgehead atoms. The molecule has 0 radical (unpaired) electrons. The van der Waals surface area contributed by atoms with Crippen LogP contribution in [-0.2, 0) is 0 Å². The molecule has 3 nitrogen and oxygen atoms in total. The van der Waals surface area contributed by atoms with E-state index in [4.69, 9.17) is 8.83 Å². The number of para-hydroxylation sites is 2. The van der Waals surface area contributed by atoms with Crippen molar-refractivity contribution < 1.29 is 19.8 Å². The lowest BCUT2D eigenvalue weighted by molar-refractivity contribution is 0.670. The van der Waals surface area contributed by atoms with E-state index in [0.29, 0.717) is 49.9 Å². The predicted octanol–water partition coefficient (Wildman–Crippen LogP) is 14.6. The van der Waals surface area contributed by atoms with Gasteiger partial charge in [-0.3, -0.25) is 0 Å². The highest BCUT2D eigenvalue weighted by Crippen LogP contribution is 2.46. The Morgan fingerprint density at radius 2 is 1.08 bits per heavy atom. The maximum absolute atomic E-state index is 10.0. The van der Waals surface area contributed by atoms with Crippen LogP contribution in [0.4, 0.5) is 17.1 Å². The van der Waals surface area contributed by atoms with Gasteiger partial charge in [-0.25, -0.2) is 0 Å². The molecule has 11 rings (SSSR count). The van der Waals surface area contributed by atoms with Gasteiger partial charge in [0.05, 0.1) is 22.0 Å². The van der Waals surface area contributed by atoms with Crippen molar-refractivity contribution in [3.05, 3.63) is 188 Å². The van der Waals surface area contributed by atoms with Gasteiger partial charge in [-0.2, -0.15) is 0 Å². The van der Waals surface area contributed by atoms with E-state index in [9.17, 15) is 11.0 Å². The first kappa shape index (κ1) is 22.7. The van der Waals surface area contributed by atoms with Gasteiger partial charge in [0.1, 0.15) is 22.3 Å². The summed E-state index contributed by atoms with van der Waals surface area (Å²) in [6.45, 7) is 0. The van der Waals surface area contributed by atoms with Gasteiger partial charge in [0.15, 0.2) is 0 Å². The summed E-state index contributed by atoms with van der Waals surface area (Å²) < 4.78 is 89.6. The quantitative estimate of drug-likeness (QED) is 0.181. The summed E-state index contributed by atoms with van der Waals surface area (Å²) in [4.78, 5) is 1.39. The van der Waals surface area contributed by atoms with Crippen molar-refractivity contribution in [1.29, 1.82) is 0 Å². The molecule has 53 heavy (non-hydrogen) atoms. The van der Waals surface area contributed by atoms with Crippen LogP contribution in [-0.4, -0.2) is 0 Å². The molecule has 11 aromatic rings. The highest BCUT2D eigenvalue weighted by atomic mass is 16.3. The van der Waals surface area contributed by atoms with Gasteiger partial charge in [-0.1, -0.05) is 139 Å². The number of hydrogen-bond acceptors (Lipinski definition) is 3. The van der Waals surface area contributed by atoms with E-state index in [-0.39, 0.29) is 46.7 Å². The average molecular weight is 686 g/mol. The molecule has 9 aromatic carbocycles. The lowest BCUT2D eigenvalue weighted by Crippen LogP contribution is -2.10. The lowest BCUT2D eigenvalue weighted by Gasteiger charge is -2.27. The van der Waals surface area contributed by atoms with Gasteiger partial charge in [0.25, 0.3) is 0 Å². The van der Waals surface area contributed by atoms with Crippen molar-refractivity contribution in [2.24, 2.45) is 0 Å². The lowest BCUT2D eigenvalue weighted by atomic mass is 9.97. The Labute approximate surface area is 316 Å². The number of rotatable bonds is 5. The minimum Gasteiger partial charge on any atom is -0.455 e. The average Bonchev–Trinajstić information content (AvgIpc) is 3.87. The summed E-state index contributed by atoms with van der Waals surface area (Å²) in [6.07, 6.45) is 0. The van der Waals surface area contributed by atoms with Crippen LogP contribution in [0, 0.1) is 0 Å². The molecule has 2 heterocycles. The van der Waals surface area contributed by atoms with Crippen LogP contribution in [0.1, 0.15) is 11.0 Å². The summed E-state index contributed by atoms with van der Waals surface area (Å²) in [5.74, 6) is 0. The molecule has 0 aliphatic rings. The van der Waals surface area contributed by atoms with E-state index < -0.39 is 24.2 Å². The SMILES string of the molecule is [2H]c1c([2H])c(-c2cccc3c2oc2ccccc23)c([2H])c(N(c2c([2H])c([2H])c(-c3cccc4ccccc34)c([2H])c2[2H])c2cccc3oc4c5ccccc5ccc4c23)c1[2H]. The number of furan rings is 2. The molecule has 0 atom stereocenters. The van der Waals surface area contributed by atoms with E-state index in [1.165, 1.54) is 4.90 Å². The molecule has 0 aliphatic carbocycles. The summed E-state index contributed by atoms with van der Waals surface area (Å²) in [7, 11) is 0. The third kappa shape index (κ3) is 4.68. The molecule has 0 spiro atoms. The second-order valence-corrected chi connectivity index (χ2v) is 13.0. The van der Waals surface area contributed by atoms with Crippen molar-refractivity contribution in [1.82, 2.24) is 0 Å². The van der Waals surface area contributed by atoms with Crippen molar-refractivity contribution >= 4 is 82.5 Å². The van der Waals surface area contributed by atoms with Gasteiger partial charge in [0.2, 0.25) is 0 Å². The zero-order valence-electron chi connectivity index (χ0n) is 36.0. The van der Waals surface area contributed by atoms with Crippen LogP contribution in [0.5, 0.6) is 0 Å². The van der Waals surface area contributed by atoms with Crippen LogP contribution in [0.25, 0.3) is 87.7 Å². The van der Waals surface area contributed by atoms with Crippen LogP contribution in [0.2, 0.25) is 0 Å². The Kier molecular flexibility index (Phi) is 5.01. The fourth-order valence-electron chi connectivity index (χ4n) is 7.59. The third-order valence-corrected chi connectivity index (χ3v) is 10.0. The molecule has 0 saturated carbocycles. The molecule has 0 unspecified atom stereocenters. The second-order valence-electron chi connectivity index (χ2n) is 13.0. The minimum absolute atomic E-state index is 0.0171. The van der Waals surface area contributed by atoms with Crippen LogP contribution in [0.3, 0.4) is 0 Å². The second kappa shape index (κ2) is 11.7. The molecule has 0 fully saturated rings. The highest BCUT2D eigenvalue weighted by molar-refractivity contribution is 6.19. The number of fused-ring (bicyclic) bond motifs is 9. The molecular formula is C50H31NO2. The fraction of sp³-hybridized carbons (Fsp3) is 0. The maximum atomic E-state index is 10.0. The molecule has 0 aliphatic heterocycles. The number of anilines is 3. The first-order valence-electron chi connectivity index (χ1n) is 21.4. The molecule has 0 amide bonds. The molecule has 0 N–H and O–H groups in total. The third-order valence-electron chi connectivity index (χ3n) is 10.0. The van der Waals surface area contributed by atoms with E-state index in [1.807, 2.05) is 103 Å². The van der Waals surface area contributed by atoms with E-state index in [0.717, 1.165) is 32.3 Å². The summed E-state index contributed by atoms with van der Waals surface area (Å²) >= 11 is 0.